The van der Waals surface area contributed by atoms with Crippen LogP contribution < -0.4 is 15.8 Å². The number of hydrogen-bond donors (Lipinski definition) is 2. The van der Waals surface area contributed by atoms with Crippen LogP contribution >= 0.6 is 0 Å². The Bertz CT molecular complexity index is 493. The molecule has 1 saturated heterocycles. The normalized spacial score (nSPS) is 22.6. The topological polar surface area (TPSA) is 73.6 Å². The van der Waals surface area contributed by atoms with Gasteiger partial charge in [-0.05, 0) is 17.7 Å². The Hall–Kier alpha value is -1.96. The zero-order valence-electron chi connectivity index (χ0n) is 10.3. The number of alkyl halides is 3. The predicted octanol–water partition coefficient (Wildman–Crippen LogP) is 1.74. The minimum Gasteiger partial charge on any atom is -0.444 e. The smallest absolute Gasteiger partial charge is 0.444 e. The van der Waals surface area contributed by atoms with Crippen molar-refractivity contribution in [2.75, 3.05) is 13.1 Å². The van der Waals surface area contributed by atoms with Gasteiger partial charge >= 0.3 is 12.5 Å². The summed E-state index contributed by atoms with van der Waals surface area (Å²) in [5.74, 6) is -0.570. The van der Waals surface area contributed by atoms with Crippen LogP contribution in [0.25, 0.3) is 0 Å². The molecule has 0 unspecified atom stereocenters. The summed E-state index contributed by atoms with van der Waals surface area (Å²) >= 11 is 0. The van der Waals surface area contributed by atoms with Crippen molar-refractivity contribution in [3.63, 3.8) is 0 Å². The van der Waals surface area contributed by atoms with Gasteiger partial charge in [-0.1, -0.05) is 12.1 Å². The Labute approximate surface area is 112 Å². The molecule has 1 fully saturated rings. The molecule has 2 rings (SSSR count). The van der Waals surface area contributed by atoms with E-state index in [9.17, 15) is 18.0 Å². The fourth-order valence-corrected chi connectivity index (χ4v) is 2.20. The number of rotatable bonds is 3. The van der Waals surface area contributed by atoms with E-state index in [2.05, 4.69) is 10.1 Å². The van der Waals surface area contributed by atoms with E-state index in [-0.39, 0.29) is 11.7 Å². The van der Waals surface area contributed by atoms with Crippen LogP contribution in [0, 0.1) is 0 Å². The van der Waals surface area contributed by atoms with Crippen LogP contribution in [-0.4, -0.2) is 31.6 Å². The first-order valence-electron chi connectivity index (χ1n) is 5.87. The molecule has 0 spiro atoms. The highest BCUT2D eigenvalue weighted by atomic mass is 19.4. The molecule has 1 amide bonds. The zero-order chi connectivity index (χ0) is 14.8. The summed E-state index contributed by atoms with van der Waals surface area (Å²) in [4.78, 5) is 10.8. The Kier molecular flexibility index (Phi) is 4.03. The highest BCUT2D eigenvalue weighted by Gasteiger charge is 2.33. The Morgan fingerprint density at radius 3 is 2.75 bits per heavy atom. The number of ether oxygens (including phenoxy) is 2. The van der Waals surface area contributed by atoms with E-state index in [1.165, 1.54) is 18.2 Å². The third-order valence-electron chi connectivity index (χ3n) is 2.95. The lowest BCUT2D eigenvalue weighted by atomic mass is 9.96. The van der Waals surface area contributed by atoms with E-state index in [1.807, 2.05) is 0 Å². The number of amides is 1. The van der Waals surface area contributed by atoms with Crippen LogP contribution in [0.4, 0.5) is 18.0 Å². The van der Waals surface area contributed by atoms with Gasteiger partial charge in [-0.15, -0.1) is 13.2 Å². The van der Waals surface area contributed by atoms with Gasteiger partial charge in [-0.3, -0.25) is 0 Å². The first kappa shape index (κ1) is 14.4. The molecule has 1 aromatic rings. The first-order chi connectivity index (χ1) is 9.35. The molecule has 0 radical (unpaired) electrons. The minimum atomic E-state index is -4.74. The van der Waals surface area contributed by atoms with Gasteiger partial charge < -0.3 is 20.5 Å². The lowest BCUT2D eigenvalue weighted by molar-refractivity contribution is -0.274. The Morgan fingerprint density at radius 1 is 1.35 bits per heavy atom. The van der Waals surface area contributed by atoms with Crippen LogP contribution in [0.2, 0.25) is 0 Å². The van der Waals surface area contributed by atoms with Gasteiger partial charge in [-0.25, -0.2) is 4.79 Å². The summed E-state index contributed by atoms with van der Waals surface area (Å²) in [6, 6.07) is 5.60. The van der Waals surface area contributed by atoms with Crippen LogP contribution in [-0.2, 0) is 4.74 Å². The molecule has 5 nitrogen and oxygen atoms in total. The molecular formula is C12H13F3N2O3. The first-order valence-corrected chi connectivity index (χ1v) is 5.87. The molecule has 3 N–H and O–H groups in total. The molecule has 0 aliphatic carbocycles. The maximum absolute atomic E-state index is 12.2. The molecule has 0 aromatic heterocycles. The second-order valence-electron chi connectivity index (χ2n) is 4.36. The molecule has 0 bridgehead atoms. The molecule has 8 heteroatoms. The van der Waals surface area contributed by atoms with Crippen molar-refractivity contribution in [3.8, 4) is 5.75 Å². The molecule has 0 saturated carbocycles. The molecule has 1 aromatic carbocycles. The third-order valence-corrected chi connectivity index (χ3v) is 2.95. The molecule has 20 heavy (non-hydrogen) atoms. The number of hydrogen-bond acceptors (Lipinski definition) is 4. The SMILES string of the molecule is NC(=O)O[C@@H]1CNC[C@H]1c1cccc(OC(F)(F)F)c1. The number of benzene rings is 1. The zero-order valence-corrected chi connectivity index (χ0v) is 10.3. The van der Waals surface area contributed by atoms with E-state index in [4.69, 9.17) is 10.5 Å². The lowest BCUT2D eigenvalue weighted by Gasteiger charge is -2.19. The van der Waals surface area contributed by atoms with Crippen molar-refractivity contribution in [2.24, 2.45) is 5.73 Å². The lowest BCUT2D eigenvalue weighted by Crippen LogP contribution is -2.28. The van der Waals surface area contributed by atoms with Gasteiger partial charge in [0, 0.05) is 19.0 Å². The third kappa shape index (κ3) is 3.77. The standard InChI is InChI=1S/C12H13F3N2O3/c13-12(14,15)20-8-3-1-2-7(4-8)9-5-17-6-10(9)19-11(16)18/h1-4,9-10,17H,5-6H2,(H2,16,18)/t9-,10+/m0/s1. The van der Waals surface area contributed by atoms with Gasteiger partial charge in [0.25, 0.3) is 0 Å². The quantitative estimate of drug-likeness (QED) is 0.889. The van der Waals surface area contributed by atoms with Gasteiger partial charge in [-0.2, -0.15) is 0 Å². The minimum absolute atomic E-state index is 0.265. The summed E-state index contributed by atoms with van der Waals surface area (Å²) in [7, 11) is 0. The number of nitrogens with one attached hydrogen (secondary N) is 1. The van der Waals surface area contributed by atoms with Gasteiger partial charge in [0.05, 0.1) is 0 Å². The van der Waals surface area contributed by atoms with Crippen LogP contribution in [0.15, 0.2) is 24.3 Å². The number of carbonyl (C=O) groups is 1. The summed E-state index contributed by atoms with van der Waals surface area (Å²) in [5.41, 5.74) is 5.55. The van der Waals surface area contributed by atoms with Crippen molar-refractivity contribution < 1.29 is 27.4 Å². The summed E-state index contributed by atoms with van der Waals surface area (Å²) in [6.07, 6.45) is -6.16. The monoisotopic (exact) mass is 290 g/mol. The number of carbonyl (C=O) groups excluding carboxylic acids is 1. The van der Waals surface area contributed by atoms with E-state index in [1.54, 1.807) is 6.07 Å². The summed E-state index contributed by atoms with van der Waals surface area (Å²) < 4.78 is 45.3. The maximum atomic E-state index is 12.2. The largest absolute Gasteiger partial charge is 0.573 e. The number of primary amides is 1. The number of nitrogens with two attached hydrogens (primary N) is 1. The van der Waals surface area contributed by atoms with Crippen molar-refractivity contribution in [1.82, 2.24) is 5.32 Å². The second-order valence-corrected chi connectivity index (χ2v) is 4.36. The molecule has 1 aliphatic heterocycles. The molecule has 1 aliphatic rings. The summed E-state index contributed by atoms with van der Waals surface area (Å²) in [5, 5.41) is 3.00. The Balaban J connectivity index is 2.15. The van der Waals surface area contributed by atoms with Crippen molar-refractivity contribution in [3.05, 3.63) is 29.8 Å². The van der Waals surface area contributed by atoms with Crippen LogP contribution in [0.3, 0.4) is 0 Å². The van der Waals surface area contributed by atoms with E-state index >= 15 is 0 Å². The summed E-state index contributed by atoms with van der Waals surface area (Å²) in [6.45, 7) is 0.880. The van der Waals surface area contributed by atoms with Gasteiger partial charge in [0.2, 0.25) is 0 Å². The van der Waals surface area contributed by atoms with Gasteiger partial charge in [0.15, 0.2) is 0 Å². The van der Waals surface area contributed by atoms with Crippen molar-refractivity contribution >= 4 is 6.09 Å². The van der Waals surface area contributed by atoms with Crippen molar-refractivity contribution in [2.45, 2.75) is 18.4 Å². The molecule has 110 valence electrons. The molecular weight excluding hydrogens is 277 g/mol. The van der Waals surface area contributed by atoms with E-state index in [0.717, 1.165) is 0 Å². The van der Waals surface area contributed by atoms with E-state index < -0.39 is 18.6 Å². The Morgan fingerprint density at radius 2 is 2.10 bits per heavy atom. The molecule has 1 heterocycles. The van der Waals surface area contributed by atoms with E-state index in [0.29, 0.717) is 18.7 Å². The van der Waals surface area contributed by atoms with Gasteiger partial charge in [0.1, 0.15) is 11.9 Å². The maximum Gasteiger partial charge on any atom is 0.573 e. The van der Waals surface area contributed by atoms with Crippen LogP contribution in [0.1, 0.15) is 11.5 Å². The highest BCUT2D eigenvalue weighted by molar-refractivity contribution is 5.65. The highest BCUT2D eigenvalue weighted by Crippen LogP contribution is 2.30. The average Bonchev–Trinajstić information content (AvgIpc) is 2.74. The van der Waals surface area contributed by atoms with Crippen molar-refractivity contribution in [1.29, 1.82) is 0 Å². The predicted molar refractivity (Wildman–Crippen MR) is 63.2 cm³/mol. The van der Waals surface area contributed by atoms with Crippen LogP contribution in [0.5, 0.6) is 5.75 Å². The number of halogens is 3. The molecule has 2 atom stereocenters. The second kappa shape index (κ2) is 5.58. The average molecular weight is 290 g/mol. The fraction of sp³-hybridized carbons (Fsp3) is 0.417. The fourth-order valence-electron chi connectivity index (χ4n) is 2.20.